The third-order valence-electron chi connectivity index (χ3n) is 4.63. The number of imidazole rings is 1. The van der Waals surface area contributed by atoms with Gasteiger partial charge < -0.3 is 10.3 Å². The third kappa shape index (κ3) is 3.35. The summed E-state index contributed by atoms with van der Waals surface area (Å²) in [5.74, 6) is 2.12. The van der Waals surface area contributed by atoms with Gasteiger partial charge in [-0.3, -0.25) is 0 Å². The van der Waals surface area contributed by atoms with E-state index in [4.69, 9.17) is 28.5 Å². The molecule has 0 radical (unpaired) electrons. The van der Waals surface area contributed by atoms with Crippen molar-refractivity contribution in [2.45, 2.75) is 18.8 Å². The molecule has 0 spiro atoms. The van der Waals surface area contributed by atoms with Crippen LogP contribution in [-0.2, 0) is 0 Å². The Kier molecular flexibility index (Phi) is 4.27. The molecule has 1 aliphatic rings. The maximum absolute atomic E-state index is 9.07. The maximum Gasteiger partial charge on any atom is 0.183 e. The lowest BCUT2D eigenvalue weighted by atomic mass is 10.1. The molecule has 142 valence electrons. The van der Waals surface area contributed by atoms with Crippen molar-refractivity contribution in [2.24, 2.45) is 0 Å². The number of benzene rings is 1. The van der Waals surface area contributed by atoms with Crippen molar-refractivity contribution >= 4 is 46.0 Å². The zero-order valence-corrected chi connectivity index (χ0v) is 16.3. The highest BCUT2D eigenvalue weighted by Crippen LogP contribution is 2.39. The van der Waals surface area contributed by atoms with Crippen molar-refractivity contribution in [3.8, 4) is 17.5 Å². The number of fused-ring (bicyclic) bond motifs is 1. The number of aromatic nitrogens is 6. The van der Waals surface area contributed by atoms with Gasteiger partial charge in [-0.05, 0) is 25.0 Å². The Bertz CT molecular complexity index is 1270. The van der Waals surface area contributed by atoms with Gasteiger partial charge in [-0.1, -0.05) is 23.2 Å². The number of H-pyrrole nitrogens is 1. The molecule has 1 fully saturated rings. The fraction of sp³-hybridized carbons (Fsp3) is 0.158. The van der Waals surface area contributed by atoms with Crippen LogP contribution in [0.5, 0.6) is 0 Å². The van der Waals surface area contributed by atoms with E-state index in [9.17, 15) is 0 Å². The number of nitriles is 1. The molecule has 5 rings (SSSR count). The second-order valence-corrected chi connectivity index (χ2v) is 7.47. The topological polar surface area (TPSA) is 116 Å². The van der Waals surface area contributed by atoms with Crippen LogP contribution in [0.1, 0.15) is 30.0 Å². The van der Waals surface area contributed by atoms with Gasteiger partial charge in [-0.25, -0.2) is 24.9 Å². The minimum atomic E-state index is 0.320. The molecule has 2 N–H and O–H groups in total. The molecule has 0 amide bonds. The molecular weight excluding hydrogens is 411 g/mol. The van der Waals surface area contributed by atoms with Crippen molar-refractivity contribution in [2.75, 3.05) is 5.32 Å². The summed E-state index contributed by atoms with van der Waals surface area (Å²) < 4.78 is 0. The van der Waals surface area contributed by atoms with E-state index in [-0.39, 0.29) is 0 Å². The van der Waals surface area contributed by atoms with Gasteiger partial charge in [-0.15, -0.1) is 0 Å². The zero-order chi connectivity index (χ0) is 20.0. The van der Waals surface area contributed by atoms with Crippen LogP contribution in [0, 0.1) is 11.3 Å². The summed E-state index contributed by atoms with van der Waals surface area (Å²) in [7, 11) is 0. The molecule has 0 atom stereocenters. The predicted octanol–water partition coefficient (Wildman–Crippen LogP) is 4.61. The van der Waals surface area contributed by atoms with Gasteiger partial charge in [0.15, 0.2) is 11.5 Å². The van der Waals surface area contributed by atoms with Crippen molar-refractivity contribution in [3.05, 3.63) is 52.2 Å². The molecule has 1 saturated carbocycles. The van der Waals surface area contributed by atoms with Gasteiger partial charge in [0.2, 0.25) is 0 Å². The highest BCUT2D eigenvalue weighted by atomic mass is 35.5. The van der Waals surface area contributed by atoms with Gasteiger partial charge >= 0.3 is 0 Å². The minimum absolute atomic E-state index is 0.320. The van der Waals surface area contributed by atoms with E-state index in [2.05, 4.69) is 35.2 Å². The monoisotopic (exact) mass is 422 g/mol. The molecule has 4 aromatic rings. The molecule has 0 saturated heterocycles. The van der Waals surface area contributed by atoms with E-state index in [0.29, 0.717) is 55.7 Å². The van der Waals surface area contributed by atoms with E-state index in [0.717, 1.165) is 18.5 Å². The molecule has 1 aromatic carbocycles. The van der Waals surface area contributed by atoms with Crippen LogP contribution in [-0.4, -0.2) is 29.9 Å². The van der Waals surface area contributed by atoms with E-state index in [1.807, 2.05) is 12.1 Å². The molecule has 10 heteroatoms. The van der Waals surface area contributed by atoms with Crippen LogP contribution in [0.2, 0.25) is 10.0 Å². The summed E-state index contributed by atoms with van der Waals surface area (Å²) in [5, 5.41) is 12.9. The first-order chi connectivity index (χ1) is 14.1. The molecule has 0 bridgehead atoms. The third-order valence-corrected chi connectivity index (χ3v) is 5.22. The van der Waals surface area contributed by atoms with Crippen LogP contribution >= 0.6 is 23.2 Å². The Morgan fingerprint density at radius 2 is 1.79 bits per heavy atom. The van der Waals surface area contributed by atoms with Crippen molar-refractivity contribution < 1.29 is 0 Å². The molecular formula is C19H12Cl2N8. The summed E-state index contributed by atoms with van der Waals surface area (Å²) in [6.07, 6.45) is 5.28. The molecule has 1 aliphatic carbocycles. The largest absolute Gasteiger partial charge is 0.333 e. The summed E-state index contributed by atoms with van der Waals surface area (Å²) in [4.78, 5) is 24.8. The van der Waals surface area contributed by atoms with Gasteiger partial charge in [-0.2, -0.15) is 5.26 Å². The lowest BCUT2D eigenvalue weighted by Gasteiger charge is -2.06. The molecule has 8 nitrogen and oxygen atoms in total. The van der Waals surface area contributed by atoms with E-state index < -0.39 is 0 Å². The molecule has 29 heavy (non-hydrogen) atoms. The zero-order valence-electron chi connectivity index (χ0n) is 14.8. The summed E-state index contributed by atoms with van der Waals surface area (Å²) in [5.41, 5.74) is 2.93. The number of aromatic amines is 1. The number of nitrogens with zero attached hydrogens (tertiary/aromatic N) is 6. The lowest BCUT2D eigenvalue weighted by molar-refractivity contribution is 0.988. The van der Waals surface area contributed by atoms with E-state index >= 15 is 0 Å². The lowest BCUT2D eigenvalue weighted by Crippen LogP contribution is -1.99. The number of nitrogens with one attached hydrogen (secondary N) is 2. The van der Waals surface area contributed by atoms with E-state index in [1.165, 1.54) is 6.33 Å². The Morgan fingerprint density at radius 1 is 1.03 bits per heavy atom. The highest BCUT2D eigenvalue weighted by molar-refractivity contribution is 6.39. The normalized spacial score (nSPS) is 13.4. The molecule has 0 aliphatic heterocycles. The second-order valence-electron chi connectivity index (χ2n) is 6.66. The van der Waals surface area contributed by atoms with Crippen molar-refractivity contribution in [1.82, 2.24) is 29.9 Å². The maximum atomic E-state index is 9.07. The van der Waals surface area contributed by atoms with Crippen LogP contribution < -0.4 is 5.32 Å². The smallest absolute Gasteiger partial charge is 0.183 e. The average Bonchev–Trinajstić information content (AvgIpc) is 3.47. The first-order valence-corrected chi connectivity index (χ1v) is 9.57. The Morgan fingerprint density at radius 3 is 2.52 bits per heavy atom. The van der Waals surface area contributed by atoms with Gasteiger partial charge in [0.05, 0.1) is 27.2 Å². The Hall–Kier alpha value is -3.28. The first kappa shape index (κ1) is 17.8. The predicted molar refractivity (Wildman–Crippen MR) is 109 cm³/mol. The summed E-state index contributed by atoms with van der Waals surface area (Å²) in [6.45, 7) is 0. The Balaban J connectivity index is 1.55. The van der Waals surface area contributed by atoms with Gasteiger partial charge in [0, 0.05) is 17.7 Å². The summed E-state index contributed by atoms with van der Waals surface area (Å²) >= 11 is 12.7. The fourth-order valence-corrected chi connectivity index (χ4v) is 3.74. The quantitative estimate of drug-likeness (QED) is 0.492. The van der Waals surface area contributed by atoms with E-state index in [1.54, 1.807) is 18.5 Å². The van der Waals surface area contributed by atoms with Crippen molar-refractivity contribution in [1.29, 1.82) is 5.26 Å². The number of halogens is 2. The molecule has 3 aromatic heterocycles. The number of hydrogen-bond donors (Lipinski definition) is 2. The molecule has 3 heterocycles. The van der Waals surface area contributed by atoms with Crippen molar-refractivity contribution in [3.63, 3.8) is 0 Å². The van der Waals surface area contributed by atoms with Crippen LogP contribution in [0.15, 0.2) is 30.9 Å². The SMILES string of the molecule is N#Cc1cc(Cl)c(-c2nc3ncnc(Nc4cc(C5CC5)ncn4)c3[nH]2)c(Cl)c1. The number of rotatable bonds is 4. The highest BCUT2D eigenvalue weighted by Gasteiger charge is 2.25. The second kappa shape index (κ2) is 6.95. The standard InChI is InChI=1S/C19H12Cl2N8/c20-11-3-9(6-22)4-12(21)15(11)17-28-16-18(25-8-26-19(16)29-17)27-14-5-13(10-1-2-10)23-7-24-14/h3-5,7-8,10H,1-2H2,(H2,23,24,25,26,27,28,29). The van der Waals surface area contributed by atoms with Crippen LogP contribution in [0.25, 0.3) is 22.6 Å². The van der Waals surface area contributed by atoms with Crippen LogP contribution in [0.4, 0.5) is 11.6 Å². The Labute approximate surface area is 175 Å². The number of anilines is 2. The van der Waals surface area contributed by atoms with Gasteiger partial charge in [0.25, 0.3) is 0 Å². The molecule has 0 unspecified atom stereocenters. The first-order valence-electron chi connectivity index (χ1n) is 8.81. The van der Waals surface area contributed by atoms with Crippen LogP contribution in [0.3, 0.4) is 0 Å². The number of hydrogen-bond acceptors (Lipinski definition) is 7. The van der Waals surface area contributed by atoms with Gasteiger partial charge in [0.1, 0.15) is 29.8 Å². The summed E-state index contributed by atoms with van der Waals surface area (Å²) in [6, 6.07) is 7.04. The average molecular weight is 423 g/mol. The minimum Gasteiger partial charge on any atom is -0.333 e. The fourth-order valence-electron chi connectivity index (χ4n) is 3.07.